The lowest BCUT2D eigenvalue weighted by atomic mass is 10.0. The average molecular weight is 365 g/mol. The van der Waals surface area contributed by atoms with Crippen LogP contribution in [-0.2, 0) is 23.8 Å². The number of thioether (sulfide) groups is 1. The van der Waals surface area contributed by atoms with E-state index < -0.39 is 29.7 Å². The van der Waals surface area contributed by atoms with Gasteiger partial charge in [-0.25, -0.2) is 4.79 Å². The maximum absolute atomic E-state index is 12.5. The molecule has 0 radical (unpaired) electrons. The molecule has 0 spiro atoms. The smallest absolute Gasteiger partial charge is 0.338 e. The summed E-state index contributed by atoms with van der Waals surface area (Å²) < 4.78 is 17.0. The first-order valence-electron chi connectivity index (χ1n) is 7.93. The van der Waals surface area contributed by atoms with Crippen LogP contribution in [0.5, 0.6) is 0 Å². The Kier molecular flexibility index (Phi) is 5.41. The summed E-state index contributed by atoms with van der Waals surface area (Å²) in [5.74, 6) is -0.814. The van der Waals surface area contributed by atoms with Gasteiger partial charge in [0.25, 0.3) is 0 Å². The summed E-state index contributed by atoms with van der Waals surface area (Å²) in [6.07, 6.45) is -1.82. The number of hydrogen-bond acceptors (Lipinski definition) is 7. The summed E-state index contributed by atoms with van der Waals surface area (Å²) in [5, 5.41) is 2.15. The molecule has 1 aromatic carbocycles. The molecule has 3 rings (SSSR count). The van der Waals surface area contributed by atoms with Crippen LogP contribution in [0.25, 0.3) is 0 Å². The molecular weight excluding hydrogens is 346 g/mol. The van der Waals surface area contributed by atoms with E-state index in [-0.39, 0.29) is 23.7 Å². The number of nitrogens with one attached hydrogen (secondary N) is 1. The van der Waals surface area contributed by atoms with Gasteiger partial charge in [0, 0.05) is 13.8 Å². The number of rotatable bonds is 4. The molecule has 1 N–H and O–H groups in total. The first-order valence-corrected chi connectivity index (χ1v) is 8.81. The predicted octanol–water partition coefficient (Wildman–Crippen LogP) is 1.12. The highest BCUT2D eigenvalue weighted by molar-refractivity contribution is 8.14. The van der Waals surface area contributed by atoms with Gasteiger partial charge in [0.1, 0.15) is 18.2 Å². The molecule has 2 fully saturated rings. The van der Waals surface area contributed by atoms with Crippen molar-refractivity contribution in [1.82, 2.24) is 5.32 Å². The van der Waals surface area contributed by atoms with Crippen LogP contribution in [0, 0.1) is 0 Å². The molecule has 2 bridgehead atoms. The van der Waals surface area contributed by atoms with Crippen LogP contribution in [0.3, 0.4) is 0 Å². The van der Waals surface area contributed by atoms with Crippen LogP contribution in [0.4, 0.5) is 0 Å². The normalized spacial score (nSPS) is 30.6. The van der Waals surface area contributed by atoms with E-state index in [4.69, 9.17) is 14.2 Å². The molecule has 134 valence electrons. The number of ether oxygens (including phenoxy) is 3. The molecule has 2 saturated heterocycles. The van der Waals surface area contributed by atoms with Crippen LogP contribution in [0.1, 0.15) is 24.2 Å². The molecule has 1 amide bonds. The van der Waals surface area contributed by atoms with Gasteiger partial charge in [0.2, 0.25) is 5.91 Å². The molecular formula is C17H19NO6S. The highest BCUT2D eigenvalue weighted by Crippen LogP contribution is 2.37. The first kappa shape index (κ1) is 17.9. The number of carbonyl (C=O) groups is 3. The number of carbonyl (C=O) groups excluding carboxylic acids is 3. The lowest BCUT2D eigenvalue weighted by molar-refractivity contribution is -0.148. The molecule has 0 aliphatic carbocycles. The zero-order chi connectivity index (χ0) is 18.0. The maximum Gasteiger partial charge on any atom is 0.338 e. The van der Waals surface area contributed by atoms with Crippen LogP contribution < -0.4 is 5.32 Å². The van der Waals surface area contributed by atoms with Crippen molar-refractivity contribution in [2.45, 2.75) is 43.6 Å². The van der Waals surface area contributed by atoms with Gasteiger partial charge in [0.05, 0.1) is 17.4 Å². The maximum atomic E-state index is 12.5. The number of amides is 1. The first-order chi connectivity index (χ1) is 12.0. The second kappa shape index (κ2) is 7.55. The van der Waals surface area contributed by atoms with Crippen LogP contribution >= 0.6 is 11.8 Å². The Morgan fingerprint density at radius 1 is 1.20 bits per heavy atom. The van der Waals surface area contributed by atoms with Crippen LogP contribution in [0.15, 0.2) is 30.3 Å². The van der Waals surface area contributed by atoms with Crippen molar-refractivity contribution < 1.29 is 28.6 Å². The van der Waals surface area contributed by atoms with E-state index in [0.29, 0.717) is 5.56 Å². The quantitative estimate of drug-likeness (QED) is 0.800. The van der Waals surface area contributed by atoms with Crippen molar-refractivity contribution in [3.63, 3.8) is 0 Å². The summed E-state index contributed by atoms with van der Waals surface area (Å²) in [7, 11) is 0. The van der Waals surface area contributed by atoms with E-state index in [1.807, 2.05) is 0 Å². The standard InChI is InChI=1S/C17H19NO6S/c1-9(19)18-13-14(24-16(21)11-6-4-3-5-7-11)15(25-10(2)20)12-8-22-17(13)23-12/h3-7,12-15,17H,8H2,1-2H3,(H,18,19)/t12-,13-,14-,15-,17+/m1/s1. The van der Waals surface area contributed by atoms with Crippen LogP contribution in [-0.4, -0.2) is 53.4 Å². The second-order valence-electron chi connectivity index (χ2n) is 5.91. The molecule has 2 aliphatic heterocycles. The van der Waals surface area contributed by atoms with E-state index in [0.717, 1.165) is 11.8 Å². The third kappa shape index (κ3) is 4.02. The molecule has 2 heterocycles. The van der Waals surface area contributed by atoms with Gasteiger partial charge in [-0.05, 0) is 12.1 Å². The summed E-state index contributed by atoms with van der Waals surface area (Å²) in [6.45, 7) is 3.09. The molecule has 25 heavy (non-hydrogen) atoms. The van der Waals surface area contributed by atoms with Gasteiger partial charge in [-0.3, -0.25) is 9.59 Å². The van der Waals surface area contributed by atoms with E-state index in [2.05, 4.69) is 5.32 Å². The summed E-state index contributed by atoms with van der Waals surface area (Å²) >= 11 is 1.04. The number of benzene rings is 1. The van der Waals surface area contributed by atoms with Crippen molar-refractivity contribution in [3.05, 3.63) is 35.9 Å². The van der Waals surface area contributed by atoms with Crippen molar-refractivity contribution in [1.29, 1.82) is 0 Å². The third-order valence-corrected chi connectivity index (χ3v) is 5.17. The van der Waals surface area contributed by atoms with E-state index in [9.17, 15) is 14.4 Å². The molecule has 2 aliphatic rings. The number of esters is 1. The van der Waals surface area contributed by atoms with Gasteiger partial charge >= 0.3 is 5.97 Å². The summed E-state index contributed by atoms with van der Waals surface area (Å²) in [5.41, 5.74) is 0.399. The molecule has 8 heteroatoms. The molecule has 0 unspecified atom stereocenters. The predicted molar refractivity (Wildman–Crippen MR) is 89.9 cm³/mol. The minimum absolute atomic E-state index is 0.124. The average Bonchev–Trinajstić information content (AvgIpc) is 3.01. The Labute approximate surface area is 149 Å². The molecule has 7 nitrogen and oxygen atoms in total. The minimum atomic E-state index is -0.739. The van der Waals surface area contributed by atoms with Gasteiger partial charge in [0.15, 0.2) is 11.4 Å². The Hall–Kier alpha value is -1.90. The number of hydrogen-bond donors (Lipinski definition) is 1. The monoisotopic (exact) mass is 365 g/mol. The van der Waals surface area contributed by atoms with E-state index in [1.54, 1.807) is 30.3 Å². The summed E-state index contributed by atoms with van der Waals surface area (Å²) in [4.78, 5) is 35.7. The fourth-order valence-corrected chi connectivity index (χ4v) is 4.03. The highest BCUT2D eigenvalue weighted by Gasteiger charge is 2.53. The lowest BCUT2D eigenvalue weighted by Crippen LogP contribution is -2.61. The Morgan fingerprint density at radius 3 is 2.56 bits per heavy atom. The largest absolute Gasteiger partial charge is 0.455 e. The molecule has 0 saturated carbocycles. The molecule has 5 atom stereocenters. The Balaban J connectivity index is 1.86. The van der Waals surface area contributed by atoms with E-state index in [1.165, 1.54) is 13.8 Å². The lowest BCUT2D eigenvalue weighted by Gasteiger charge is -2.39. The molecule has 1 aromatic rings. The topological polar surface area (TPSA) is 90.9 Å². The van der Waals surface area contributed by atoms with Crippen molar-refractivity contribution in [3.8, 4) is 0 Å². The number of fused-ring (bicyclic) bond motifs is 2. The van der Waals surface area contributed by atoms with Gasteiger partial charge < -0.3 is 19.5 Å². The van der Waals surface area contributed by atoms with Crippen LogP contribution in [0.2, 0.25) is 0 Å². The van der Waals surface area contributed by atoms with Crippen molar-refractivity contribution in [2.24, 2.45) is 0 Å². The van der Waals surface area contributed by atoms with Gasteiger partial charge in [-0.1, -0.05) is 30.0 Å². The fraction of sp³-hybridized carbons (Fsp3) is 0.471. The third-order valence-electron chi connectivity index (χ3n) is 4.00. The van der Waals surface area contributed by atoms with Crippen molar-refractivity contribution >= 4 is 28.8 Å². The summed E-state index contributed by atoms with van der Waals surface area (Å²) in [6, 6.07) is 7.89. The van der Waals surface area contributed by atoms with Crippen molar-refractivity contribution in [2.75, 3.05) is 6.61 Å². The Bertz CT molecular complexity index is 636. The zero-order valence-electron chi connectivity index (χ0n) is 13.8. The minimum Gasteiger partial charge on any atom is -0.455 e. The molecule has 0 aromatic heterocycles. The highest BCUT2D eigenvalue weighted by atomic mass is 32.2. The van der Waals surface area contributed by atoms with E-state index >= 15 is 0 Å². The fourth-order valence-electron chi connectivity index (χ4n) is 3.00. The Morgan fingerprint density at radius 2 is 1.92 bits per heavy atom. The van der Waals surface area contributed by atoms with Gasteiger partial charge in [-0.2, -0.15) is 0 Å². The van der Waals surface area contributed by atoms with Gasteiger partial charge in [-0.15, -0.1) is 0 Å². The SMILES string of the molecule is CC(=O)N[C@H]1[C@H]2OC[C@@H](O2)[C@@H](SC(C)=O)[C@@H]1OC(=O)c1ccccc1. The zero-order valence-corrected chi connectivity index (χ0v) is 14.7. The second-order valence-corrected chi connectivity index (χ2v) is 7.27.